The van der Waals surface area contributed by atoms with Gasteiger partial charge in [0.2, 0.25) is 0 Å². The molecule has 1 saturated carbocycles. The van der Waals surface area contributed by atoms with Crippen LogP contribution in [0.15, 0.2) is 12.4 Å². The maximum Gasteiger partial charge on any atom is 0.407 e. The third-order valence-corrected chi connectivity index (χ3v) is 5.67. The van der Waals surface area contributed by atoms with Crippen LogP contribution in [-0.4, -0.2) is 47.9 Å². The van der Waals surface area contributed by atoms with E-state index in [9.17, 15) is 4.79 Å². The molecule has 1 aliphatic rings. The zero-order valence-electron chi connectivity index (χ0n) is 16.6. The van der Waals surface area contributed by atoms with Crippen molar-refractivity contribution in [2.45, 2.75) is 64.3 Å². The summed E-state index contributed by atoms with van der Waals surface area (Å²) in [4.78, 5) is 25.3. The predicted octanol–water partition coefficient (Wildman–Crippen LogP) is 3.72. The monoisotopic (exact) mass is 392 g/mol. The number of nitrogens with one attached hydrogen (secondary N) is 1. The number of aromatic nitrogens is 2. The first-order valence-corrected chi connectivity index (χ1v) is 10.0. The van der Waals surface area contributed by atoms with E-state index < -0.39 is 5.60 Å². The van der Waals surface area contributed by atoms with Gasteiger partial charge in [0.1, 0.15) is 22.6 Å². The standard InChI is InChI=1S/C19H28N4O3S/c1-19(2,3)26-18(24)22-12-6-7-13(8-12)23(4)16-15-9-14(10-25-5)27-17(15)21-11-20-16/h9,11-13H,6-8,10H2,1-5H3,(H,22,24)/t12-,13+/m0/s1. The topological polar surface area (TPSA) is 76.6 Å². The Labute approximate surface area is 164 Å². The van der Waals surface area contributed by atoms with Crippen LogP contribution in [0.1, 0.15) is 44.9 Å². The highest BCUT2D eigenvalue weighted by molar-refractivity contribution is 7.18. The van der Waals surface area contributed by atoms with Gasteiger partial charge in [-0.05, 0) is 46.1 Å². The zero-order valence-corrected chi connectivity index (χ0v) is 17.4. The lowest BCUT2D eigenvalue weighted by Gasteiger charge is -2.26. The fourth-order valence-electron chi connectivity index (χ4n) is 3.48. The normalized spacial score (nSPS) is 20.0. The maximum absolute atomic E-state index is 12.0. The number of anilines is 1. The second-order valence-corrected chi connectivity index (χ2v) is 9.10. The second-order valence-electron chi connectivity index (χ2n) is 7.98. The van der Waals surface area contributed by atoms with Gasteiger partial charge in [-0.3, -0.25) is 0 Å². The Hall–Kier alpha value is -1.93. The summed E-state index contributed by atoms with van der Waals surface area (Å²) in [6, 6.07) is 2.55. The lowest BCUT2D eigenvalue weighted by Crippen LogP contribution is -2.39. The largest absolute Gasteiger partial charge is 0.444 e. The van der Waals surface area contributed by atoms with Gasteiger partial charge in [-0.2, -0.15) is 0 Å². The minimum Gasteiger partial charge on any atom is -0.444 e. The first-order chi connectivity index (χ1) is 12.8. The van der Waals surface area contributed by atoms with Gasteiger partial charge < -0.3 is 19.7 Å². The first-order valence-electron chi connectivity index (χ1n) is 9.21. The molecule has 1 aliphatic carbocycles. The van der Waals surface area contributed by atoms with Gasteiger partial charge >= 0.3 is 6.09 Å². The Bertz CT molecular complexity index is 802. The van der Waals surface area contributed by atoms with E-state index in [4.69, 9.17) is 9.47 Å². The van der Waals surface area contributed by atoms with Crippen molar-refractivity contribution in [1.82, 2.24) is 15.3 Å². The van der Waals surface area contributed by atoms with Crippen molar-refractivity contribution in [3.05, 3.63) is 17.3 Å². The van der Waals surface area contributed by atoms with E-state index in [0.29, 0.717) is 12.6 Å². The van der Waals surface area contributed by atoms with E-state index in [1.165, 1.54) is 0 Å². The average Bonchev–Trinajstić information content (AvgIpc) is 3.18. The lowest BCUT2D eigenvalue weighted by atomic mass is 10.2. The highest BCUT2D eigenvalue weighted by Gasteiger charge is 2.31. The molecule has 0 saturated heterocycles. The average molecular weight is 393 g/mol. The summed E-state index contributed by atoms with van der Waals surface area (Å²) in [5, 5.41) is 4.05. The molecule has 148 valence electrons. The molecular formula is C19H28N4O3S. The van der Waals surface area contributed by atoms with E-state index in [0.717, 1.165) is 40.2 Å². The summed E-state index contributed by atoms with van der Waals surface area (Å²) in [6.07, 6.45) is 4.07. The van der Waals surface area contributed by atoms with Crippen LogP contribution in [0.2, 0.25) is 0 Å². The Morgan fingerprint density at radius 1 is 1.37 bits per heavy atom. The summed E-state index contributed by atoms with van der Waals surface area (Å²) in [5.74, 6) is 0.932. The minimum absolute atomic E-state index is 0.121. The Kier molecular flexibility index (Phi) is 5.86. The molecule has 2 heterocycles. The summed E-state index contributed by atoms with van der Waals surface area (Å²) in [5.41, 5.74) is -0.482. The molecule has 0 aromatic carbocycles. The number of ether oxygens (including phenoxy) is 2. The number of alkyl carbamates (subject to hydrolysis) is 1. The van der Waals surface area contributed by atoms with Crippen molar-refractivity contribution in [3.63, 3.8) is 0 Å². The van der Waals surface area contributed by atoms with Crippen molar-refractivity contribution in [1.29, 1.82) is 0 Å². The summed E-state index contributed by atoms with van der Waals surface area (Å²) >= 11 is 1.63. The molecule has 2 aromatic heterocycles. The van der Waals surface area contributed by atoms with Gasteiger partial charge in [0, 0.05) is 31.1 Å². The molecular weight excluding hydrogens is 364 g/mol. The second kappa shape index (κ2) is 7.98. The van der Waals surface area contributed by atoms with Crippen molar-refractivity contribution in [2.24, 2.45) is 0 Å². The Balaban J connectivity index is 1.67. The van der Waals surface area contributed by atoms with E-state index in [1.807, 2.05) is 20.8 Å². The summed E-state index contributed by atoms with van der Waals surface area (Å²) in [7, 11) is 3.76. The van der Waals surface area contributed by atoms with E-state index >= 15 is 0 Å². The van der Waals surface area contributed by atoms with Gasteiger partial charge in [0.05, 0.1) is 12.0 Å². The molecule has 27 heavy (non-hydrogen) atoms. The maximum atomic E-state index is 12.0. The molecule has 2 aromatic rings. The Morgan fingerprint density at radius 3 is 2.85 bits per heavy atom. The van der Waals surface area contributed by atoms with Crippen LogP contribution in [0.4, 0.5) is 10.6 Å². The number of amides is 1. The molecule has 1 amide bonds. The van der Waals surface area contributed by atoms with E-state index in [1.54, 1.807) is 24.8 Å². The van der Waals surface area contributed by atoms with Crippen LogP contribution in [0.5, 0.6) is 0 Å². The number of rotatable bonds is 5. The lowest BCUT2D eigenvalue weighted by molar-refractivity contribution is 0.0505. The number of methoxy groups -OCH3 is 1. The van der Waals surface area contributed by atoms with Crippen molar-refractivity contribution < 1.29 is 14.3 Å². The molecule has 0 unspecified atom stereocenters. The molecule has 7 nitrogen and oxygen atoms in total. The smallest absolute Gasteiger partial charge is 0.407 e. The molecule has 1 fully saturated rings. The number of fused-ring (bicyclic) bond motifs is 1. The summed E-state index contributed by atoms with van der Waals surface area (Å²) in [6.45, 7) is 6.19. The van der Waals surface area contributed by atoms with Crippen LogP contribution < -0.4 is 10.2 Å². The first kappa shape index (κ1) is 19.8. The van der Waals surface area contributed by atoms with E-state index in [2.05, 4.69) is 33.3 Å². The van der Waals surface area contributed by atoms with Crippen molar-refractivity contribution in [2.75, 3.05) is 19.1 Å². The fourth-order valence-corrected chi connectivity index (χ4v) is 4.44. The molecule has 3 rings (SSSR count). The number of hydrogen-bond acceptors (Lipinski definition) is 7. The molecule has 2 atom stereocenters. The Morgan fingerprint density at radius 2 is 2.15 bits per heavy atom. The van der Waals surface area contributed by atoms with Crippen LogP contribution in [-0.2, 0) is 16.1 Å². The van der Waals surface area contributed by atoms with Gasteiger partial charge in [0.15, 0.2) is 0 Å². The molecule has 0 radical (unpaired) electrons. The fraction of sp³-hybridized carbons (Fsp3) is 0.632. The highest BCUT2D eigenvalue weighted by atomic mass is 32.1. The quantitative estimate of drug-likeness (QED) is 0.836. The van der Waals surface area contributed by atoms with E-state index in [-0.39, 0.29) is 12.1 Å². The number of thiophene rings is 1. The molecule has 0 bridgehead atoms. The highest BCUT2D eigenvalue weighted by Crippen LogP contribution is 2.34. The third-order valence-electron chi connectivity index (χ3n) is 4.65. The van der Waals surface area contributed by atoms with Crippen molar-refractivity contribution in [3.8, 4) is 0 Å². The van der Waals surface area contributed by atoms with Gasteiger partial charge in [-0.15, -0.1) is 11.3 Å². The van der Waals surface area contributed by atoms with Crippen LogP contribution in [0.25, 0.3) is 10.2 Å². The molecule has 0 spiro atoms. The molecule has 1 N–H and O–H groups in total. The van der Waals surface area contributed by atoms with Crippen LogP contribution in [0, 0.1) is 0 Å². The predicted molar refractivity (Wildman–Crippen MR) is 107 cm³/mol. The number of nitrogens with zero attached hydrogens (tertiary/aromatic N) is 3. The minimum atomic E-state index is -0.482. The van der Waals surface area contributed by atoms with Crippen molar-refractivity contribution >= 4 is 33.5 Å². The van der Waals surface area contributed by atoms with Gasteiger partial charge in [-0.1, -0.05) is 0 Å². The van der Waals surface area contributed by atoms with Gasteiger partial charge in [0.25, 0.3) is 0 Å². The third kappa shape index (κ3) is 4.87. The molecule has 0 aliphatic heterocycles. The number of hydrogen-bond donors (Lipinski definition) is 1. The number of carbonyl (C=O) groups excluding carboxylic acids is 1. The van der Waals surface area contributed by atoms with Gasteiger partial charge in [-0.25, -0.2) is 14.8 Å². The zero-order chi connectivity index (χ0) is 19.6. The number of carbonyl (C=O) groups is 1. The molecule has 8 heteroatoms. The SMILES string of the molecule is COCc1cc2c(N(C)[C@@H]3CC[C@H](NC(=O)OC(C)(C)C)C3)ncnc2s1. The van der Waals surface area contributed by atoms with Crippen LogP contribution >= 0.6 is 11.3 Å². The van der Waals surface area contributed by atoms with Crippen LogP contribution in [0.3, 0.4) is 0 Å². The summed E-state index contributed by atoms with van der Waals surface area (Å²) < 4.78 is 10.6.